The monoisotopic (exact) mass is 322 g/mol. The molecule has 0 saturated heterocycles. The Kier molecular flexibility index (Phi) is 4.27. The zero-order chi connectivity index (χ0) is 15.0. The fraction of sp³-hybridized carbons (Fsp3) is 0.562. The van der Waals surface area contributed by atoms with Crippen LogP contribution in [0, 0.1) is 11.8 Å². The zero-order valence-electron chi connectivity index (χ0n) is 12.4. The summed E-state index contributed by atoms with van der Waals surface area (Å²) in [5.74, 6) is 1.15. The summed E-state index contributed by atoms with van der Waals surface area (Å²) >= 11 is 7.96. The molecule has 3 nitrogen and oxygen atoms in total. The van der Waals surface area contributed by atoms with Gasteiger partial charge in [0.1, 0.15) is 22.1 Å². The molecule has 2 heterocycles. The second kappa shape index (κ2) is 6.01. The first-order valence-corrected chi connectivity index (χ1v) is 8.69. The van der Waals surface area contributed by atoms with E-state index in [-0.39, 0.29) is 5.92 Å². The Morgan fingerprint density at radius 2 is 2.29 bits per heavy atom. The standard InChI is InChI=1S/C16H19ClN2OS/c1-9(2)12(20)6-4-10-3-5-11-13(7-10)21-16-14(11)15(17)18-8-19-16/h8-10H,3-7H2,1-2H3. The van der Waals surface area contributed by atoms with E-state index in [4.69, 9.17) is 11.6 Å². The Morgan fingerprint density at radius 3 is 3.05 bits per heavy atom. The third kappa shape index (κ3) is 2.97. The summed E-state index contributed by atoms with van der Waals surface area (Å²) in [5, 5.41) is 1.63. The molecule has 0 aromatic carbocycles. The number of fused-ring (bicyclic) bond motifs is 3. The van der Waals surface area contributed by atoms with Gasteiger partial charge in [0.2, 0.25) is 0 Å². The maximum absolute atomic E-state index is 11.8. The predicted octanol–water partition coefficient (Wildman–Crippen LogP) is 4.45. The van der Waals surface area contributed by atoms with Gasteiger partial charge in [-0.3, -0.25) is 4.79 Å². The van der Waals surface area contributed by atoms with Crippen molar-refractivity contribution in [2.45, 2.75) is 46.0 Å². The number of hydrogen-bond acceptors (Lipinski definition) is 4. The van der Waals surface area contributed by atoms with E-state index in [1.807, 2.05) is 13.8 Å². The number of halogens is 1. The molecule has 1 atom stereocenters. The summed E-state index contributed by atoms with van der Waals surface area (Å²) in [6.45, 7) is 3.96. The lowest BCUT2D eigenvalue weighted by molar-refractivity contribution is -0.122. The smallest absolute Gasteiger partial charge is 0.141 e. The van der Waals surface area contributed by atoms with Gasteiger partial charge in [-0.2, -0.15) is 0 Å². The second-order valence-electron chi connectivity index (χ2n) is 6.12. The molecule has 0 saturated carbocycles. The van der Waals surface area contributed by atoms with Gasteiger partial charge in [-0.05, 0) is 37.2 Å². The Balaban J connectivity index is 1.76. The second-order valence-corrected chi connectivity index (χ2v) is 7.56. The Labute approximate surface area is 133 Å². The first kappa shape index (κ1) is 14.9. The van der Waals surface area contributed by atoms with Crippen LogP contribution in [-0.2, 0) is 17.6 Å². The molecule has 1 aliphatic carbocycles. The predicted molar refractivity (Wildman–Crippen MR) is 87.0 cm³/mol. The number of aromatic nitrogens is 2. The summed E-state index contributed by atoms with van der Waals surface area (Å²) in [5.41, 5.74) is 1.34. The van der Waals surface area contributed by atoms with Crippen molar-refractivity contribution in [1.29, 1.82) is 0 Å². The lowest BCUT2D eigenvalue weighted by atomic mass is 9.84. The Bertz CT molecular complexity index is 680. The highest BCUT2D eigenvalue weighted by Crippen LogP contribution is 2.40. The molecule has 0 spiro atoms. The SMILES string of the molecule is CC(C)C(=O)CCC1CCc2c(sc3ncnc(Cl)c23)C1. The summed E-state index contributed by atoms with van der Waals surface area (Å²) in [4.78, 5) is 22.6. The Hall–Kier alpha value is -1.00. The number of aryl methyl sites for hydroxylation is 1. The lowest BCUT2D eigenvalue weighted by Gasteiger charge is -2.22. The molecule has 0 radical (unpaired) electrons. The molecule has 0 fully saturated rings. The normalized spacial score (nSPS) is 18.2. The number of rotatable bonds is 4. The van der Waals surface area contributed by atoms with Gasteiger partial charge in [-0.15, -0.1) is 11.3 Å². The molecule has 0 bridgehead atoms. The van der Waals surface area contributed by atoms with E-state index in [2.05, 4.69) is 9.97 Å². The first-order chi connectivity index (χ1) is 10.1. The molecule has 1 aliphatic rings. The Morgan fingerprint density at radius 1 is 1.48 bits per heavy atom. The summed E-state index contributed by atoms with van der Waals surface area (Å²) in [6.07, 6.45) is 6.47. The lowest BCUT2D eigenvalue weighted by Crippen LogP contribution is -2.15. The maximum atomic E-state index is 11.8. The molecule has 0 aliphatic heterocycles. The number of ketones is 1. The molecule has 21 heavy (non-hydrogen) atoms. The van der Waals surface area contributed by atoms with Gasteiger partial charge in [0.05, 0.1) is 5.39 Å². The van der Waals surface area contributed by atoms with Crippen molar-refractivity contribution in [2.24, 2.45) is 11.8 Å². The van der Waals surface area contributed by atoms with Gasteiger partial charge >= 0.3 is 0 Å². The van der Waals surface area contributed by atoms with E-state index >= 15 is 0 Å². The number of hydrogen-bond donors (Lipinski definition) is 0. The van der Waals surface area contributed by atoms with E-state index in [1.54, 1.807) is 11.3 Å². The molecule has 0 N–H and O–H groups in total. The zero-order valence-corrected chi connectivity index (χ0v) is 13.9. The van der Waals surface area contributed by atoms with Gasteiger partial charge < -0.3 is 0 Å². The molecular formula is C16H19ClN2OS. The van der Waals surface area contributed by atoms with Crippen molar-refractivity contribution in [1.82, 2.24) is 9.97 Å². The average Bonchev–Trinajstić information content (AvgIpc) is 2.83. The minimum atomic E-state index is 0.155. The van der Waals surface area contributed by atoms with Crippen molar-refractivity contribution >= 4 is 38.9 Å². The van der Waals surface area contributed by atoms with Crippen LogP contribution >= 0.6 is 22.9 Å². The van der Waals surface area contributed by atoms with Crippen LogP contribution in [0.5, 0.6) is 0 Å². The highest BCUT2D eigenvalue weighted by molar-refractivity contribution is 7.19. The topological polar surface area (TPSA) is 42.9 Å². The minimum absolute atomic E-state index is 0.155. The van der Waals surface area contributed by atoms with Gasteiger partial charge in [0.15, 0.2) is 0 Å². The highest BCUT2D eigenvalue weighted by atomic mass is 35.5. The number of thiophene rings is 1. The maximum Gasteiger partial charge on any atom is 0.141 e. The van der Waals surface area contributed by atoms with Crippen molar-refractivity contribution < 1.29 is 4.79 Å². The van der Waals surface area contributed by atoms with E-state index in [0.29, 0.717) is 23.3 Å². The fourth-order valence-corrected chi connectivity index (χ4v) is 4.63. The summed E-state index contributed by atoms with van der Waals surface area (Å²) < 4.78 is 0. The van der Waals surface area contributed by atoms with Crippen molar-refractivity contribution in [3.63, 3.8) is 0 Å². The van der Waals surface area contributed by atoms with Crippen LogP contribution in [0.25, 0.3) is 10.2 Å². The van der Waals surface area contributed by atoms with Gasteiger partial charge in [-0.25, -0.2) is 9.97 Å². The van der Waals surface area contributed by atoms with E-state index < -0.39 is 0 Å². The molecule has 2 aromatic rings. The average molecular weight is 323 g/mol. The highest BCUT2D eigenvalue weighted by Gasteiger charge is 2.25. The fourth-order valence-electron chi connectivity index (χ4n) is 3.02. The van der Waals surface area contributed by atoms with Crippen LogP contribution in [0.3, 0.4) is 0 Å². The van der Waals surface area contributed by atoms with Gasteiger partial charge in [0, 0.05) is 17.2 Å². The molecule has 5 heteroatoms. The van der Waals surface area contributed by atoms with Crippen LogP contribution in [0.4, 0.5) is 0 Å². The minimum Gasteiger partial charge on any atom is -0.299 e. The van der Waals surface area contributed by atoms with Crippen LogP contribution in [-0.4, -0.2) is 15.8 Å². The van der Waals surface area contributed by atoms with Crippen LogP contribution < -0.4 is 0 Å². The largest absolute Gasteiger partial charge is 0.299 e. The first-order valence-electron chi connectivity index (χ1n) is 7.49. The third-order valence-corrected chi connectivity index (χ3v) is 5.79. The molecule has 1 unspecified atom stereocenters. The molecule has 2 aromatic heterocycles. The molecular weight excluding hydrogens is 304 g/mol. The van der Waals surface area contributed by atoms with Crippen LogP contribution in [0.2, 0.25) is 5.15 Å². The summed E-state index contributed by atoms with van der Waals surface area (Å²) in [6, 6.07) is 0. The van der Waals surface area contributed by atoms with E-state index in [9.17, 15) is 4.79 Å². The number of carbonyl (C=O) groups excluding carboxylic acids is 1. The molecule has 3 rings (SSSR count). The third-order valence-electron chi connectivity index (χ3n) is 4.34. The van der Waals surface area contributed by atoms with E-state index in [1.165, 1.54) is 16.8 Å². The molecule has 0 amide bonds. The van der Waals surface area contributed by atoms with Gasteiger partial charge in [-0.1, -0.05) is 25.4 Å². The number of Topliss-reactive ketones (excluding diaryl/α,β-unsaturated/α-hetero) is 1. The van der Waals surface area contributed by atoms with Crippen molar-refractivity contribution in [2.75, 3.05) is 0 Å². The summed E-state index contributed by atoms with van der Waals surface area (Å²) in [7, 11) is 0. The van der Waals surface area contributed by atoms with Crippen LogP contribution in [0.15, 0.2) is 6.33 Å². The molecule has 112 valence electrons. The van der Waals surface area contributed by atoms with Crippen LogP contribution in [0.1, 0.15) is 43.6 Å². The number of nitrogens with zero attached hydrogens (tertiary/aromatic N) is 2. The quantitative estimate of drug-likeness (QED) is 0.781. The van der Waals surface area contributed by atoms with Crippen molar-refractivity contribution in [3.05, 3.63) is 21.9 Å². The number of carbonyl (C=O) groups is 1. The van der Waals surface area contributed by atoms with Crippen molar-refractivity contribution in [3.8, 4) is 0 Å². The van der Waals surface area contributed by atoms with Gasteiger partial charge in [0.25, 0.3) is 0 Å². The van der Waals surface area contributed by atoms with E-state index in [0.717, 1.165) is 35.9 Å².